The Bertz CT molecular complexity index is 406. The quantitative estimate of drug-likeness (QED) is 0.761. The normalized spacial score (nSPS) is 10.5. The van der Waals surface area contributed by atoms with E-state index in [1.807, 2.05) is 22.9 Å². The van der Waals surface area contributed by atoms with E-state index in [-0.39, 0.29) is 0 Å². The Labute approximate surface area is 89.8 Å². The minimum atomic E-state index is 0.945. The van der Waals surface area contributed by atoms with E-state index in [1.54, 1.807) is 6.33 Å². The van der Waals surface area contributed by atoms with Crippen molar-refractivity contribution in [1.29, 1.82) is 0 Å². The highest BCUT2D eigenvalue weighted by atomic mass is 15.3. The van der Waals surface area contributed by atoms with Gasteiger partial charge in [-0.15, -0.1) is 0 Å². The van der Waals surface area contributed by atoms with Gasteiger partial charge >= 0.3 is 0 Å². The molecule has 2 aromatic rings. The molecule has 0 fully saturated rings. The van der Waals surface area contributed by atoms with E-state index in [9.17, 15) is 0 Å². The van der Waals surface area contributed by atoms with Gasteiger partial charge in [0, 0.05) is 12.1 Å². The molecule has 0 saturated carbocycles. The van der Waals surface area contributed by atoms with Crippen molar-refractivity contribution in [3.63, 3.8) is 0 Å². The first-order valence-corrected chi connectivity index (χ1v) is 5.35. The van der Waals surface area contributed by atoms with Crippen LogP contribution in [0.2, 0.25) is 0 Å². The second-order valence-electron chi connectivity index (χ2n) is 3.53. The molecule has 0 atom stereocenters. The average molecular weight is 201 g/mol. The molecule has 1 heterocycles. The van der Waals surface area contributed by atoms with E-state index < -0.39 is 0 Å². The number of aromatic nitrogens is 3. The molecule has 0 spiro atoms. The van der Waals surface area contributed by atoms with Gasteiger partial charge in [-0.1, -0.05) is 43.7 Å². The lowest BCUT2D eigenvalue weighted by Gasteiger charge is -2.04. The Morgan fingerprint density at radius 2 is 2.00 bits per heavy atom. The van der Waals surface area contributed by atoms with E-state index in [2.05, 4.69) is 29.1 Å². The monoisotopic (exact) mass is 201 g/mol. The molecule has 0 aliphatic rings. The van der Waals surface area contributed by atoms with Crippen LogP contribution in [0.15, 0.2) is 36.7 Å². The minimum Gasteiger partial charge on any atom is -0.246 e. The number of aryl methyl sites for hydroxylation is 1. The molecule has 1 aromatic heterocycles. The van der Waals surface area contributed by atoms with Gasteiger partial charge in [-0.2, -0.15) is 5.10 Å². The highest BCUT2D eigenvalue weighted by Crippen LogP contribution is 2.15. The van der Waals surface area contributed by atoms with Crippen LogP contribution in [0, 0.1) is 0 Å². The van der Waals surface area contributed by atoms with Crippen molar-refractivity contribution in [2.75, 3.05) is 0 Å². The number of hydrogen-bond donors (Lipinski definition) is 0. The van der Waals surface area contributed by atoms with Crippen LogP contribution in [0.5, 0.6) is 0 Å². The molecule has 0 N–H and O–H groups in total. The van der Waals surface area contributed by atoms with Gasteiger partial charge in [0.15, 0.2) is 5.82 Å². The summed E-state index contributed by atoms with van der Waals surface area (Å²) < 4.78 is 1.97. The smallest absolute Gasteiger partial charge is 0.158 e. The second-order valence-corrected chi connectivity index (χ2v) is 3.53. The average Bonchev–Trinajstić information content (AvgIpc) is 2.75. The van der Waals surface area contributed by atoms with E-state index in [0.717, 1.165) is 24.4 Å². The van der Waals surface area contributed by atoms with Gasteiger partial charge in [-0.25, -0.2) is 9.67 Å². The lowest BCUT2D eigenvalue weighted by molar-refractivity contribution is 0.576. The molecular weight excluding hydrogens is 186 g/mol. The molecule has 2 rings (SSSR count). The van der Waals surface area contributed by atoms with Crippen LogP contribution < -0.4 is 0 Å². The van der Waals surface area contributed by atoms with Crippen molar-refractivity contribution in [2.45, 2.75) is 26.3 Å². The summed E-state index contributed by atoms with van der Waals surface area (Å²) in [7, 11) is 0. The van der Waals surface area contributed by atoms with Crippen molar-refractivity contribution in [3.8, 4) is 11.4 Å². The number of nitrogens with zero attached hydrogens (tertiary/aromatic N) is 3. The molecule has 3 heteroatoms. The number of rotatable bonds is 4. The third-order valence-electron chi connectivity index (χ3n) is 2.37. The number of benzene rings is 1. The number of hydrogen-bond acceptors (Lipinski definition) is 2. The van der Waals surface area contributed by atoms with Gasteiger partial charge in [0.2, 0.25) is 0 Å². The summed E-state index contributed by atoms with van der Waals surface area (Å²) in [6, 6.07) is 10.2. The summed E-state index contributed by atoms with van der Waals surface area (Å²) in [5.74, 6) is 0.962. The Morgan fingerprint density at radius 3 is 2.73 bits per heavy atom. The fourth-order valence-electron chi connectivity index (χ4n) is 1.55. The Morgan fingerprint density at radius 1 is 1.20 bits per heavy atom. The van der Waals surface area contributed by atoms with Crippen molar-refractivity contribution < 1.29 is 0 Å². The van der Waals surface area contributed by atoms with Crippen molar-refractivity contribution >= 4 is 0 Å². The molecule has 0 aliphatic carbocycles. The van der Waals surface area contributed by atoms with Crippen LogP contribution in [0.1, 0.15) is 19.8 Å². The fourth-order valence-corrected chi connectivity index (χ4v) is 1.55. The van der Waals surface area contributed by atoms with Crippen molar-refractivity contribution in [1.82, 2.24) is 14.8 Å². The summed E-state index contributed by atoms with van der Waals surface area (Å²) in [4.78, 5) is 4.29. The molecule has 0 saturated heterocycles. The van der Waals surface area contributed by atoms with Crippen LogP contribution in [0.3, 0.4) is 0 Å². The Hall–Kier alpha value is -1.64. The Balaban J connectivity index is 2.25. The summed E-state index contributed by atoms with van der Waals surface area (Å²) in [5.41, 5.74) is 1.13. The fraction of sp³-hybridized carbons (Fsp3) is 0.333. The van der Waals surface area contributed by atoms with Gasteiger partial charge < -0.3 is 0 Å². The maximum absolute atomic E-state index is 4.29. The number of unbranched alkanes of at least 4 members (excludes halogenated alkanes) is 1. The van der Waals surface area contributed by atoms with Gasteiger partial charge in [0.1, 0.15) is 6.33 Å². The largest absolute Gasteiger partial charge is 0.246 e. The van der Waals surface area contributed by atoms with E-state index in [0.29, 0.717) is 0 Å². The zero-order valence-electron chi connectivity index (χ0n) is 8.93. The van der Waals surface area contributed by atoms with Gasteiger partial charge in [0.25, 0.3) is 0 Å². The summed E-state index contributed by atoms with van der Waals surface area (Å²) >= 11 is 0. The summed E-state index contributed by atoms with van der Waals surface area (Å²) in [6.07, 6.45) is 3.94. The first kappa shape index (κ1) is 9.90. The van der Waals surface area contributed by atoms with Gasteiger partial charge in [-0.3, -0.25) is 0 Å². The third kappa shape index (κ3) is 2.24. The Kier molecular flexibility index (Phi) is 3.12. The van der Waals surface area contributed by atoms with Gasteiger partial charge in [-0.05, 0) is 6.42 Å². The molecule has 0 aliphatic heterocycles. The van der Waals surface area contributed by atoms with Crippen molar-refractivity contribution in [3.05, 3.63) is 36.7 Å². The molecule has 3 nitrogen and oxygen atoms in total. The highest BCUT2D eigenvalue weighted by molar-refractivity contribution is 5.54. The van der Waals surface area contributed by atoms with E-state index >= 15 is 0 Å². The molecule has 0 radical (unpaired) electrons. The highest BCUT2D eigenvalue weighted by Gasteiger charge is 2.05. The van der Waals surface area contributed by atoms with Gasteiger partial charge in [0.05, 0.1) is 0 Å². The predicted molar refractivity (Wildman–Crippen MR) is 60.4 cm³/mol. The molecule has 0 unspecified atom stereocenters. The lowest BCUT2D eigenvalue weighted by Crippen LogP contribution is -2.02. The molecule has 78 valence electrons. The van der Waals surface area contributed by atoms with Crippen molar-refractivity contribution in [2.24, 2.45) is 0 Å². The molecule has 1 aromatic carbocycles. The first-order valence-electron chi connectivity index (χ1n) is 5.35. The zero-order chi connectivity index (χ0) is 10.5. The SMILES string of the molecule is CCCCn1ncnc1-c1ccccc1. The first-order chi connectivity index (χ1) is 7.42. The summed E-state index contributed by atoms with van der Waals surface area (Å²) in [6.45, 7) is 3.12. The molecular formula is C12H15N3. The second kappa shape index (κ2) is 4.73. The van der Waals surface area contributed by atoms with E-state index in [4.69, 9.17) is 0 Å². The maximum atomic E-state index is 4.29. The van der Waals surface area contributed by atoms with Crippen LogP contribution >= 0.6 is 0 Å². The molecule has 15 heavy (non-hydrogen) atoms. The molecule has 0 amide bonds. The topological polar surface area (TPSA) is 30.7 Å². The van der Waals surface area contributed by atoms with Crippen LogP contribution in [-0.4, -0.2) is 14.8 Å². The standard InChI is InChI=1S/C12H15N3/c1-2-3-9-15-12(13-10-14-15)11-7-5-4-6-8-11/h4-8,10H,2-3,9H2,1H3. The van der Waals surface area contributed by atoms with Crippen LogP contribution in [0.25, 0.3) is 11.4 Å². The van der Waals surface area contributed by atoms with E-state index in [1.165, 1.54) is 6.42 Å². The zero-order valence-corrected chi connectivity index (χ0v) is 8.93. The molecule has 0 bridgehead atoms. The van der Waals surface area contributed by atoms with Crippen LogP contribution in [0.4, 0.5) is 0 Å². The maximum Gasteiger partial charge on any atom is 0.158 e. The minimum absolute atomic E-state index is 0.945. The third-order valence-corrected chi connectivity index (χ3v) is 2.37. The lowest BCUT2D eigenvalue weighted by atomic mass is 10.2. The van der Waals surface area contributed by atoms with Crippen LogP contribution in [-0.2, 0) is 6.54 Å². The predicted octanol–water partition coefficient (Wildman–Crippen LogP) is 2.75. The summed E-state index contributed by atoms with van der Waals surface area (Å²) in [5, 5.41) is 4.24.